The second kappa shape index (κ2) is 14.3. The van der Waals surface area contributed by atoms with Gasteiger partial charge >= 0.3 is 0 Å². The van der Waals surface area contributed by atoms with Gasteiger partial charge in [-0.15, -0.1) is 24.0 Å². The zero-order chi connectivity index (χ0) is 16.2. The number of piperidine rings is 1. The molecule has 5 nitrogen and oxygen atoms in total. The quantitative estimate of drug-likeness (QED) is 0.251. The largest absolute Gasteiger partial charge is 0.383 e. The van der Waals surface area contributed by atoms with Crippen molar-refractivity contribution in [3.8, 4) is 0 Å². The number of ether oxygens (including phenoxy) is 1. The van der Waals surface area contributed by atoms with E-state index in [1.165, 1.54) is 38.9 Å². The number of nitrogens with one attached hydrogen (secondary N) is 2. The first-order valence-corrected chi connectivity index (χ1v) is 8.91. The topological polar surface area (TPSA) is 48.9 Å². The molecule has 0 amide bonds. The molecule has 0 spiro atoms. The second-order valence-electron chi connectivity index (χ2n) is 6.52. The van der Waals surface area contributed by atoms with E-state index in [0.717, 1.165) is 31.4 Å². The highest BCUT2D eigenvalue weighted by Crippen LogP contribution is 2.15. The van der Waals surface area contributed by atoms with Gasteiger partial charge in [-0.25, -0.2) is 0 Å². The van der Waals surface area contributed by atoms with E-state index in [-0.39, 0.29) is 30.0 Å². The number of halogens is 1. The van der Waals surface area contributed by atoms with Crippen LogP contribution in [0.5, 0.6) is 0 Å². The van der Waals surface area contributed by atoms with Crippen molar-refractivity contribution in [1.82, 2.24) is 15.5 Å². The summed E-state index contributed by atoms with van der Waals surface area (Å²) in [6, 6.07) is 0.276. The Morgan fingerprint density at radius 3 is 2.83 bits per heavy atom. The second-order valence-corrected chi connectivity index (χ2v) is 6.52. The van der Waals surface area contributed by atoms with Crippen molar-refractivity contribution >= 4 is 29.9 Å². The Morgan fingerprint density at radius 1 is 1.39 bits per heavy atom. The highest BCUT2D eigenvalue weighted by molar-refractivity contribution is 14.0. The third kappa shape index (κ3) is 11.2. The molecule has 1 aliphatic heterocycles. The Bertz CT molecular complexity index is 315. The summed E-state index contributed by atoms with van der Waals surface area (Å²) in [6.45, 7) is 12.8. The maximum atomic E-state index is 5.15. The summed E-state index contributed by atoms with van der Waals surface area (Å²) in [5.74, 6) is 1.78. The lowest BCUT2D eigenvalue weighted by molar-refractivity contribution is 0.179. The predicted molar refractivity (Wildman–Crippen MR) is 110 cm³/mol. The average Bonchev–Trinajstić information content (AvgIpc) is 2.47. The smallest absolute Gasteiger partial charge is 0.191 e. The monoisotopic (exact) mass is 440 g/mol. The minimum absolute atomic E-state index is 0. The number of guanidine groups is 1. The molecule has 1 heterocycles. The fourth-order valence-corrected chi connectivity index (χ4v) is 2.97. The number of hydrogen-bond acceptors (Lipinski definition) is 3. The molecule has 1 rings (SSSR count). The first-order chi connectivity index (χ1) is 10.7. The third-order valence-corrected chi connectivity index (χ3v) is 4.04. The molecule has 0 aromatic carbocycles. The number of hydrogen-bond donors (Lipinski definition) is 2. The fourth-order valence-electron chi connectivity index (χ4n) is 2.97. The summed E-state index contributed by atoms with van der Waals surface area (Å²) in [6.07, 6.45) is 5.16. The van der Waals surface area contributed by atoms with E-state index in [0.29, 0.717) is 6.61 Å². The molecule has 1 aliphatic rings. The highest BCUT2D eigenvalue weighted by atomic mass is 127. The predicted octanol–water partition coefficient (Wildman–Crippen LogP) is 2.71. The molecule has 0 saturated carbocycles. The minimum atomic E-state index is 0. The zero-order valence-electron chi connectivity index (χ0n) is 15.4. The molecular formula is C17H37IN4O. The highest BCUT2D eigenvalue weighted by Gasteiger charge is 2.15. The van der Waals surface area contributed by atoms with Crippen LogP contribution in [-0.2, 0) is 4.74 Å². The Kier molecular flexibility index (Phi) is 14.2. The Balaban J connectivity index is 0.00000484. The Hall–Kier alpha value is -0.0800. The normalized spacial score (nSPS) is 20.7. The van der Waals surface area contributed by atoms with Crippen LogP contribution in [0.2, 0.25) is 0 Å². The van der Waals surface area contributed by atoms with E-state index in [1.54, 1.807) is 7.11 Å². The Labute approximate surface area is 160 Å². The minimum Gasteiger partial charge on any atom is -0.383 e. The van der Waals surface area contributed by atoms with Gasteiger partial charge in [0.15, 0.2) is 5.96 Å². The van der Waals surface area contributed by atoms with Gasteiger partial charge in [-0.05, 0) is 58.5 Å². The number of aliphatic imine (C=N–C) groups is 1. The number of unbranched alkanes of at least 4 members (excludes halogenated alkanes) is 1. The Morgan fingerprint density at radius 2 is 2.17 bits per heavy atom. The first kappa shape index (κ1) is 22.9. The summed E-state index contributed by atoms with van der Waals surface area (Å²) < 4.78 is 5.15. The number of likely N-dealkylation sites (tertiary alicyclic amines) is 1. The number of nitrogens with zero attached hydrogens (tertiary/aromatic N) is 2. The van der Waals surface area contributed by atoms with Gasteiger partial charge in [0.05, 0.1) is 6.61 Å². The molecule has 6 heteroatoms. The van der Waals surface area contributed by atoms with Crippen LogP contribution in [0.4, 0.5) is 0 Å². The van der Waals surface area contributed by atoms with Crippen molar-refractivity contribution in [3.05, 3.63) is 0 Å². The molecule has 0 aliphatic carbocycles. The van der Waals surface area contributed by atoms with Crippen molar-refractivity contribution in [1.29, 1.82) is 0 Å². The molecule has 0 bridgehead atoms. The molecule has 2 atom stereocenters. The molecule has 2 N–H and O–H groups in total. The molecule has 0 aromatic rings. The third-order valence-electron chi connectivity index (χ3n) is 4.04. The molecule has 2 unspecified atom stereocenters. The fraction of sp³-hybridized carbons (Fsp3) is 0.941. The van der Waals surface area contributed by atoms with E-state index in [4.69, 9.17) is 4.74 Å². The van der Waals surface area contributed by atoms with E-state index >= 15 is 0 Å². The molecule has 0 aromatic heterocycles. The van der Waals surface area contributed by atoms with Gasteiger partial charge < -0.3 is 20.3 Å². The summed E-state index contributed by atoms with van der Waals surface area (Å²) in [4.78, 5) is 7.27. The number of rotatable bonds is 9. The molecule has 23 heavy (non-hydrogen) atoms. The van der Waals surface area contributed by atoms with Crippen LogP contribution in [0.3, 0.4) is 0 Å². The van der Waals surface area contributed by atoms with Gasteiger partial charge in [0.25, 0.3) is 0 Å². The molecule has 0 radical (unpaired) electrons. The van der Waals surface area contributed by atoms with E-state index in [9.17, 15) is 0 Å². The van der Waals surface area contributed by atoms with Crippen LogP contribution in [0.15, 0.2) is 4.99 Å². The van der Waals surface area contributed by atoms with E-state index in [2.05, 4.69) is 41.3 Å². The SMILES string of the molecule is CCNC(=NCCCCN1CCCC(C)C1)NC(C)COC.I. The lowest BCUT2D eigenvalue weighted by atomic mass is 10.0. The van der Waals surface area contributed by atoms with Crippen LogP contribution in [0.25, 0.3) is 0 Å². The standard InChI is InChI=1S/C17H36N4O.HI/c1-5-18-17(20-16(3)14-22-4)19-10-6-7-11-21-12-8-9-15(2)13-21;/h15-16H,5-14H2,1-4H3,(H2,18,19,20);1H. The lowest BCUT2D eigenvalue weighted by Crippen LogP contribution is -2.44. The van der Waals surface area contributed by atoms with Crippen LogP contribution >= 0.6 is 24.0 Å². The number of methoxy groups -OCH3 is 1. The average molecular weight is 440 g/mol. The van der Waals surface area contributed by atoms with Gasteiger partial charge in [0.1, 0.15) is 0 Å². The van der Waals surface area contributed by atoms with Crippen molar-refractivity contribution < 1.29 is 4.74 Å². The van der Waals surface area contributed by atoms with Gasteiger partial charge in [-0.1, -0.05) is 6.92 Å². The van der Waals surface area contributed by atoms with E-state index in [1.807, 2.05) is 0 Å². The molecule has 138 valence electrons. The van der Waals surface area contributed by atoms with Gasteiger partial charge in [0, 0.05) is 32.8 Å². The first-order valence-electron chi connectivity index (χ1n) is 8.91. The van der Waals surface area contributed by atoms with Crippen LogP contribution in [0, 0.1) is 5.92 Å². The molecule has 1 fully saturated rings. The van der Waals surface area contributed by atoms with Gasteiger partial charge in [-0.2, -0.15) is 0 Å². The van der Waals surface area contributed by atoms with Crippen LogP contribution in [0.1, 0.15) is 46.5 Å². The summed E-state index contributed by atoms with van der Waals surface area (Å²) in [7, 11) is 1.73. The van der Waals surface area contributed by atoms with Crippen molar-refractivity contribution in [2.45, 2.75) is 52.5 Å². The van der Waals surface area contributed by atoms with E-state index < -0.39 is 0 Å². The summed E-state index contributed by atoms with van der Waals surface area (Å²) in [5, 5.41) is 6.66. The van der Waals surface area contributed by atoms with Crippen LogP contribution < -0.4 is 10.6 Å². The molecule has 1 saturated heterocycles. The maximum Gasteiger partial charge on any atom is 0.191 e. The summed E-state index contributed by atoms with van der Waals surface area (Å²) >= 11 is 0. The maximum absolute atomic E-state index is 5.15. The van der Waals surface area contributed by atoms with Crippen LogP contribution in [-0.4, -0.2) is 63.3 Å². The van der Waals surface area contributed by atoms with Gasteiger partial charge in [-0.3, -0.25) is 4.99 Å². The molecular weight excluding hydrogens is 403 g/mol. The van der Waals surface area contributed by atoms with Crippen molar-refractivity contribution in [2.75, 3.05) is 46.4 Å². The van der Waals surface area contributed by atoms with Gasteiger partial charge in [0.2, 0.25) is 0 Å². The van der Waals surface area contributed by atoms with Crippen molar-refractivity contribution in [3.63, 3.8) is 0 Å². The zero-order valence-corrected chi connectivity index (χ0v) is 17.8. The lowest BCUT2D eigenvalue weighted by Gasteiger charge is -2.30. The van der Waals surface area contributed by atoms with Crippen molar-refractivity contribution in [2.24, 2.45) is 10.9 Å². The summed E-state index contributed by atoms with van der Waals surface area (Å²) in [5.41, 5.74) is 0.